The van der Waals surface area contributed by atoms with E-state index in [1.54, 1.807) is 10.9 Å². The average Bonchev–Trinajstić information content (AvgIpc) is 3.12. The van der Waals surface area contributed by atoms with Gasteiger partial charge in [-0.3, -0.25) is 4.68 Å². The number of nitrogens with zero attached hydrogens (tertiary/aromatic N) is 2. The van der Waals surface area contributed by atoms with Crippen LogP contribution in [0.15, 0.2) is 12.3 Å². The first-order chi connectivity index (χ1) is 9.57. The number of hydrogen-bond donors (Lipinski definition) is 2. The van der Waals surface area contributed by atoms with Crippen LogP contribution in [0.4, 0.5) is 0 Å². The van der Waals surface area contributed by atoms with E-state index in [9.17, 15) is 8.42 Å². The Hall–Kier alpha value is -0.920. The summed E-state index contributed by atoms with van der Waals surface area (Å²) >= 11 is 0. The van der Waals surface area contributed by atoms with Crippen molar-refractivity contribution in [1.29, 1.82) is 0 Å². The number of unbranched alkanes of at least 4 members (excludes halogenated alkanes) is 1. The molecule has 1 aromatic rings. The minimum absolute atomic E-state index is 0.213. The molecule has 0 atom stereocenters. The SMILES string of the molecule is Cn1nccc1CCNS(=O)(=O)CCCCNC1CC1. The highest BCUT2D eigenvalue weighted by Gasteiger charge is 2.19. The molecule has 1 aliphatic carbocycles. The summed E-state index contributed by atoms with van der Waals surface area (Å²) in [5, 5.41) is 7.44. The molecule has 0 unspecified atom stereocenters. The number of sulfonamides is 1. The first kappa shape index (κ1) is 15.5. The zero-order valence-corrected chi connectivity index (χ0v) is 12.8. The van der Waals surface area contributed by atoms with Gasteiger partial charge in [0.2, 0.25) is 10.0 Å². The Morgan fingerprint density at radius 2 is 2.15 bits per heavy atom. The van der Waals surface area contributed by atoms with Crippen LogP contribution in [-0.4, -0.2) is 43.1 Å². The van der Waals surface area contributed by atoms with Gasteiger partial charge in [0.05, 0.1) is 5.75 Å². The van der Waals surface area contributed by atoms with Crippen molar-refractivity contribution >= 4 is 10.0 Å². The van der Waals surface area contributed by atoms with Gasteiger partial charge in [-0.25, -0.2) is 13.1 Å². The van der Waals surface area contributed by atoms with E-state index >= 15 is 0 Å². The third-order valence-corrected chi connectivity index (χ3v) is 4.95. The van der Waals surface area contributed by atoms with Gasteiger partial charge in [-0.1, -0.05) is 0 Å². The van der Waals surface area contributed by atoms with E-state index in [0.717, 1.165) is 18.7 Å². The van der Waals surface area contributed by atoms with Crippen molar-refractivity contribution in [3.8, 4) is 0 Å². The van der Waals surface area contributed by atoms with Crippen LogP contribution in [-0.2, 0) is 23.5 Å². The Balaban J connectivity index is 1.56. The molecule has 114 valence electrons. The van der Waals surface area contributed by atoms with Crippen molar-refractivity contribution in [3.05, 3.63) is 18.0 Å². The third-order valence-electron chi connectivity index (χ3n) is 3.48. The lowest BCUT2D eigenvalue weighted by Crippen LogP contribution is -2.29. The van der Waals surface area contributed by atoms with E-state index in [1.807, 2.05) is 13.1 Å². The summed E-state index contributed by atoms with van der Waals surface area (Å²) < 4.78 is 28.0. The largest absolute Gasteiger partial charge is 0.314 e. The summed E-state index contributed by atoms with van der Waals surface area (Å²) in [7, 11) is -1.28. The van der Waals surface area contributed by atoms with E-state index in [0.29, 0.717) is 25.4 Å². The Kier molecular flexibility index (Phi) is 5.56. The van der Waals surface area contributed by atoms with E-state index in [-0.39, 0.29) is 5.75 Å². The monoisotopic (exact) mass is 300 g/mol. The normalized spacial score (nSPS) is 15.7. The third kappa shape index (κ3) is 5.60. The number of rotatable bonds is 10. The zero-order valence-electron chi connectivity index (χ0n) is 12.0. The fourth-order valence-electron chi connectivity index (χ4n) is 2.06. The van der Waals surface area contributed by atoms with Crippen LogP contribution in [0.3, 0.4) is 0 Å². The Bertz CT molecular complexity index is 508. The molecule has 1 aliphatic rings. The molecule has 20 heavy (non-hydrogen) atoms. The first-order valence-electron chi connectivity index (χ1n) is 7.24. The standard InChI is InChI=1S/C13H24N4O2S/c1-17-13(6-9-15-17)7-10-16-20(18,19)11-3-2-8-14-12-4-5-12/h6,9,12,14,16H,2-5,7-8,10-11H2,1H3. The molecule has 0 aromatic carbocycles. The molecule has 0 aliphatic heterocycles. The second kappa shape index (κ2) is 7.19. The fraction of sp³-hybridized carbons (Fsp3) is 0.769. The van der Waals surface area contributed by atoms with Crippen LogP contribution in [0.5, 0.6) is 0 Å². The van der Waals surface area contributed by atoms with Gasteiger partial charge in [-0.05, 0) is 38.3 Å². The lowest BCUT2D eigenvalue weighted by Gasteiger charge is -2.07. The van der Waals surface area contributed by atoms with Crippen LogP contribution in [0.1, 0.15) is 31.4 Å². The maximum atomic E-state index is 11.8. The van der Waals surface area contributed by atoms with Crippen LogP contribution < -0.4 is 10.0 Å². The quantitative estimate of drug-likeness (QED) is 0.614. The smallest absolute Gasteiger partial charge is 0.211 e. The molecule has 0 bridgehead atoms. The molecule has 2 N–H and O–H groups in total. The maximum absolute atomic E-state index is 11.8. The Morgan fingerprint density at radius 3 is 2.80 bits per heavy atom. The minimum atomic E-state index is -3.14. The van der Waals surface area contributed by atoms with Gasteiger partial charge in [0.15, 0.2) is 0 Å². The van der Waals surface area contributed by atoms with Gasteiger partial charge < -0.3 is 5.32 Å². The molecule has 0 radical (unpaired) electrons. The molecule has 1 heterocycles. The first-order valence-corrected chi connectivity index (χ1v) is 8.90. The lowest BCUT2D eigenvalue weighted by atomic mass is 10.3. The fourth-order valence-corrected chi connectivity index (χ4v) is 3.21. The van der Waals surface area contributed by atoms with E-state index in [1.165, 1.54) is 12.8 Å². The second-order valence-electron chi connectivity index (χ2n) is 5.34. The van der Waals surface area contributed by atoms with Crippen LogP contribution in [0.2, 0.25) is 0 Å². The van der Waals surface area contributed by atoms with E-state index in [2.05, 4.69) is 15.1 Å². The van der Waals surface area contributed by atoms with Crippen molar-refractivity contribution < 1.29 is 8.42 Å². The Labute approximate surface area is 121 Å². The molecule has 0 spiro atoms. The van der Waals surface area contributed by atoms with E-state index in [4.69, 9.17) is 0 Å². The second-order valence-corrected chi connectivity index (χ2v) is 7.27. The number of hydrogen-bond acceptors (Lipinski definition) is 4. The summed E-state index contributed by atoms with van der Waals surface area (Å²) in [6.07, 6.45) is 6.55. The number of nitrogens with one attached hydrogen (secondary N) is 2. The molecule has 1 aromatic heterocycles. The van der Waals surface area contributed by atoms with Gasteiger partial charge in [-0.15, -0.1) is 0 Å². The predicted octanol–water partition coefficient (Wildman–Crippen LogP) is 0.414. The highest BCUT2D eigenvalue weighted by Crippen LogP contribution is 2.18. The number of aryl methyl sites for hydroxylation is 1. The van der Waals surface area contributed by atoms with Gasteiger partial charge in [0, 0.05) is 37.9 Å². The van der Waals surface area contributed by atoms with Crippen molar-refractivity contribution in [2.75, 3.05) is 18.8 Å². The summed E-state index contributed by atoms with van der Waals surface area (Å²) in [4.78, 5) is 0. The summed E-state index contributed by atoms with van der Waals surface area (Å²) in [5.74, 6) is 0.213. The van der Waals surface area contributed by atoms with Crippen molar-refractivity contribution in [3.63, 3.8) is 0 Å². The maximum Gasteiger partial charge on any atom is 0.211 e. The molecule has 6 nitrogen and oxygen atoms in total. The highest BCUT2D eigenvalue weighted by atomic mass is 32.2. The van der Waals surface area contributed by atoms with Crippen LogP contribution >= 0.6 is 0 Å². The molecule has 0 saturated heterocycles. The molecule has 1 saturated carbocycles. The predicted molar refractivity (Wildman–Crippen MR) is 79.0 cm³/mol. The molecular formula is C13H24N4O2S. The molecular weight excluding hydrogens is 276 g/mol. The van der Waals surface area contributed by atoms with Gasteiger partial charge in [0.1, 0.15) is 0 Å². The van der Waals surface area contributed by atoms with Crippen LogP contribution in [0, 0.1) is 0 Å². The highest BCUT2D eigenvalue weighted by molar-refractivity contribution is 7.89. The topological polar surface area (TPSA) is 76.0 Å². The zero-order chi connectivity index (χ0) is 14.4. The van der Waals surface area contributed by atoms with Gasteiger partial charge >= 0.3 is 0 Å². The molecule has 7 heteroatoms. The molecule has 1 fully saturated rings. The van der Waals surface area contributed by atoms with Crippen molar-refractivity contribution in [1.82, 2.24) is 19.8 Å². The molecule has 0 amide bonds. The van der Waals surface area contributed by atoms with Gasteiger partial charge in [-0.2, -0.15) is 5.10 Å². The lowest BCUT2D eigenvalue weighted by molar-refractivity contribution is 0.571. The van der Waals surface area contributed by atoms with E-state index < -0.39 is 10.0 Å². The Morgan fingerprint density at radius 1 is 1.35 bits per heavy atom. The summed E-state index contributed by atoms with van der Waals surface area (Å²) in [6.45, 7) is 1.36. The summed E-state index contributed by atoms with van der Waals surface area (Å²) in [5.41, 5.74) is 1.03. The average molecular weight is 300 g/mol. The minimum Gasteiger partial charge on any atom is -0.314 e. The van der Waals surface area contributed by atoms with Crippen LogP contribution in [0.25, 0.3) is 0 Å². The van der Waals surface area contributed by atoms with Gasteiger partial charge in [0.25, 0.3) is 0 Å². The van der Waals surface area contributed by atoms with Crippen molar-refractivity contribution in [2.24, 2.45) is 7.05 Å². The summed E-state index contributed by atoms with van der Waals surface area (Å²) in [6, 6.07) is 2.60. The number of aromatic nitrogens is 2. The van der Waals surface area contributed by atoms with Crippen molar-refractivity contribution in [2.45, 2.75) is 38.1 Å². The molecule has 2 rings (SSSR count).